The third-order valence-corrected chi connectivity index (χ3v) is 7.99. The molecule has 1 aromatic heterocycles. The van der Waals surface area contributed by atoms with Crippen LogP contribution < -0.4 is 10.5 Å². The average molecular weight is 557 g/mol. The Morgan fingerprint density at radius 2 is 1.87 bits per heavy atom. The number of nitrogens with zero attached hydrogens (tertiary/aromatic N) is 2. The molecule has 4 N–H and O–H groups in total. The molecule has 1 fully saturated rings. The number of aliphatic hydroxyl groups excluding tert-OH is 1. The van der Waals surface area contributed by atoms with Crippen molar-refractivity contribution in [3.63, 3.8) is 0 Å². The highest BCUT2D eigenvalue weighted by molar-refractivity contribution is 8.00. The second-order valence-corrected chi connectivity index (χ2v) is 10.9. The maximum absolute atomic E-state index is 15.3. The molecule has 4 aromatic rings. The number of hydrogen-bond donors (Lipinski definition) is 3. The monoisotopic (exact) mass is 556 g/mol. The summed E-state index contributed by atoms with van der Waals surface area (Å²) < 4.78 is 32.8. The number of hydrogen-bond acceptors (Lipinski definition) is 6. The van der Waals surface area contributed by atoms with Crippen molar-refractivity contribution in [2.75, 3.05) is 10.5 Å². The molecule has 0 radical (unpaired) electrons. The number of nitrogen functional groups attached to an aromatic ring is 1. The Morgan fingerprint density at radius 1 is 1.11 bits per heavy atom. The minimum Gasteiger partial charge on any atom is -0.392 e. The number of aryl methyl sites for hydroxylation is 1. The highest BCUT2D eigenvalue weighted by Gasteiger charge is 2.17. The van der Waals surface area contributed by atoms with Crippen LogP contribution in [0.3, 0.4) is 0 Å². The van der Waals surface area contributed by atoms with Crippen LogP contribution in [-0.2, 0) is 6.61 Å². The minimum atomic E-state index is -0.741. The van der Waals surface area contributed by atoms with Crippen molar-refractivity contribution in [2.24, 2.45) is 5.92 Å². The van der Waals surface area contributed by atoms with E-state index in [4.69, 9.17) is 17.3 Å². The number of fused-ring (bicyclic) bond motifs is 1. The molecule has 1 aliphatic rings. The molecule has 0 bridgehead atoms. The first-order valence-corrected chi connectivity index (χ1v) is 13.8. The van der Waals surface area contributed by atoms with Gasteiger partial charge in [-0.05, 0) is 71.8 Å². The summed E-state index contributed by atoms with van der Waals surface area (Å²) >= 11 is 7.39. The normalized spacial score (nSPS) is 13.7. The van der Waals surface area contributed by atoms with Gasteiger partial charge in [-0.25, -0.2) is 18.7 Å². The van der Waals surface area contributed by atoms with Gasteiger partial charge in [-0.2, -0.15) is 0 Å². The van der Waals surface area contributed by atoms with Crippen molar-refractivity contribution in [1.29, 1.82) is 0 Å². The number of nitrogens with two attached hydrogens (primary N) is 1. The zero-order valence-corrected chi connectivity index (χ0v) is 23.0. The third-order valence-electron chi connectivity index (χ3n) is 6.57. The Kier molecular flexibility index (Phi) is 9.41. The molecule has 200 valence electrons. The maximum atomic E-state index is 15.3. The van der Waals surface area contributed by atoms with Gasteiger partial charge in [0.25, 0.3) is 0 Å². The molecule has 0 amide bonds. The Labute approximate surface area is 231 Å². The van der Waals surface area contributed by atoms with Crippen LogP contribution in [0.1, 0.15) is 50.2 Å². The van der Waals surface area contributed by atoms with E-state index in [0.717, 1.165) is 23.4 Å². The Balaban J connectivity index is 0.000000417. The van der Waals surface area contributed by atoms with Crippen LogP contribution >= 0.6 is 23.5 Å². The molecule has 5 nitrogen and oxygen atoms in total. The quantitative estimate of drug-likeness (QED) is 0.214. The fourth-order valence-electron chi connectivity index (χ4n) is 4.51. The highest BCUT2D eigenvalue weighted by atomic mass is 35.5. The second-order valence-electron chi connectivity index (χ2n) is 9.63. The molecule has 0 atom stereocenters. The zero-order valence-electron chi connectivity index (χ0n) is 21.4. The average Bonchev–Trinajstić information content (AvgIpc) is 2.90. The standard InChI is InChI=1S/C22H17ClF2N4OS.C7H14/c1-11-6-14(10-30)20(23)18(7-11)31-29-17-5-3-15(24)19(21(17)25)12-2-4-16-13(8-12)9-27-22(26)28-16;1-7-5-3-2-4-6-7/h2-9,29-30H,10H2,1H3,(H2,26,27,28);7H,2-6H2,1H3. The summed E-state index contributed by atoms with van der Waals surface area (Å²) in [6, 6.07) is 10.9. The van der Waals surface area contributed by atoms with Crippen molar-refractivity contribution in [3.05, 3.63) is 76.4 Å². The van der Waals surface area contributed by atoms with Gasteiger partial charge in [-0.3, -0.25) is 0 Å². The largest absolute Gasteiger partial charge is 0.392 e. The number of aromatic nitrogens is 2. The molecule has 38 heavy (non-hydrogen) atoms. The van der Waals surface area contributed by atoms with Gasteiger partial charge in [-0.1, -0.05) is 62.8 Å². The van der Waals surface area contributed by atoms with Gasteiger partial charge in [-0.15, -0.1) is 0 Å². The third kappa shape index (κ3) is 6.73. The van der Waals surface area contributed by atoms with Gasteiger partial charge in [0.15, 0.2) is 5.82 Å². The van der Waals surface area contributed by atoms with Crippen LogP contribution in [0, 0.1) is 24.5 Å². The van der Waals surface area contributed by atoms with Crippen LogP contribution in [0.2, 0.25) is 5.02 Å². The summed E-state index contributed by atoms with van der Waals surface area (Å²) in [4.78, 5) is 8.65. The molecule has 0 unspecified atom stereocenters. The van der Waals surface area contributed by atoms with Gasteiger partial charge >= 0.3 is 0 Å². The van der Waals surface area contributed by atoms with Crippen LogP contribution in [0.25, 0.3) is 22.0 Å². The fourth-order valence-corrected chi connectivity index (χ4v) is 5.64. The number of nitrogens with one attached hydrogen (secondary N) is 1. The lowest BCUT2D eigenvalue weighted by Gasteiger charge is -2.15. The predicted octanol–water partition coefficient (Wildman–Crippen LogP) is 8.32. The number of halogens is 3. The maximum Gasteiger partial charge on any atom is 0.220 e. The minimum absolute atomic E-state index is 0.0955. The van der Waals surface area contributed by atoms with Crippen LogP contribution in [0.5, 0.6) is 0 Å². The zero-order chi connectivity index (χ0) is 27.2. The first kappa shape index (κ1) is 28.1. The molecular weight excluding hydrogens is 526 g/mol. The predicted molar refractivity (Wildman–Crippen MR) is 153 cm³/mol. The first-order chi connectivity index (χ1) is 18.3. The molecule has 1 saturated carbocycles. The van der Waals surface area contributed by atoms with Gasteiger partial charge < -0.3 is 15.6 Å². The molecular formula is C29H31ClF2N4OS. The molecule has 3 aromatic carbocycles. The van der Waals surface area contributed by atoms with Crippen molar-refractivity contribution in [1.82, 2.24) is 9.97 Å². The summed E-state index contributed by atoms with van der Waals surface area (Å²) in [7, 11) is 0. The summed E-state index contributed by atoms with van der Waals surface area (Å²) in [6.45, 7) is 4.02. The number of rotatable bonds is 5. The van der Waals surface area contributed by atoms with Crippen molar-refractivity contribution in [3.8, 4) is 11.1 Å². The first-order valence-electron chi connectivity index (χ1n) is 12.6. The van der Waals surface area contributed by atoms with Crippen LogP contribution in [-0.4, -0.2) is 15.1 Å². The van der Waals surface area contributed by atoms with E-state index in [1.165, 1.54) is 50.4 Å². The van der Waals surface area contributed by atoms with E-state index in [2.05, 4.69) is 21.6 Å². The van der Waals surface area contributed by atoms with Crippen molar-refractivity contribution < 1.29 is 13.9 Å². The molecule has 0 aliphatic heterocycles. The molecule has 5 rings (SSSR count). The van der Waals surface area contributed by atoms with E-state index >= 15 is 4.39 Å². The summed E-state index contributed by atoms with van der Waals surface area (Å²) in [5, 5.41) is 10.4. The lowest BCUT2D eigenvalue weighted by Crippen LogP contribution is -1.99. The summed E-state index contributed by atoms with van der Waals surface area (Å²) in [5.74, 6) is -0.275. The van der Waals surface area contributed by atoms with E-state index in [0.29, 0.717) is 31.9 Å². The molecule has 1 heterocycles. The Hall–Kier alpha value is -2.94. The lowest BCUT2D eigenvalue weighted by atomic mass is 9.91. The van der Waals surface area contributed by atoms with E-state index < -0.39 is 11.6 Å². The van der Waals surface area contributed by atoms with E-state index in [9.17, 15) is 9.50 Å². The topological polar surface area (TPSA) is 84.1 Å². The second kappa shape index (κ2) is 12.7. The summed E-state index contributed by atoms with van der Waals surface area (Å²) in [5.41, 5.74) is 7.91. The Bertz CT molecular complexity index is 1430. The number of anilines is 2. The van der Waals surface area contributed by atoms with Crippen LogP contribution in [0.4, 0.5) is 20.4 Å². The summed E-state index contributed by atoms with van der Waals surface area (Å²) in [6.07, 6.45) is 8.94. The van der Waals surface area contributed by atoms with Crippen molar-refractivity contribution in [2.45, 2.75) is 57.5 Å². The molecule has 0 spiro atoms. The van der Waals surface area contributed by atoms with Crippen molar-refractivity contribution >= 4 is 46.1 Å². The van der Waals surface area contributed by atoms with Gasteiger partial charge in [0, 0.05) is 16.5 Å². The van der Waals surface area contributed by atoms with Gasteiger partial charge in [0.05, 0.1) is 28.4 Å². The Morgan fingerprint density at radius 3 is 2.55 bits per heavy atom. The number of aliphatic hydroxyl groups is 1. The number of benzene rings is 3. The molecule has 9 heteroatoms. The lowest BCUT2D eigenvalue weighted by molar-refractivity contribution is 0.281. The SMILES string of the molecule is CC1CCCCC1.Cc1cc(CO)c(Cl)c(SNc2ccc(F)c(-c3ccc4nc(N)ncc4c3)c2F)c1. The van der Waals surface area contributed by atoms with E-state index in [1.807, 2.05) is 13.0 Å². The van der Waals surface area contributed by atoms with Gasteiger partial charge in [0.1, 0.15) is 5.82 Å². The van der Waals surface area contributed by atoms with Gasteiger partial charge in [0.2, 0.25) is 5.95 Å². The molecule has 0 saturated heterocycles. The fraction of sp³-hybridized carbons (Fsp3) is 0.310. The smallest absolute Gasteiger partial charge is 0.220 e. The van der Waals surface area contributed by atoms with Crippen LogP contribution in [0.15, 0.2) is 53.6 Å². The van der Waals surface area contributed by atoms with E-state index in [-0.39, 0.29) is 23.8 Å². The highest BCUT2D eigenvalue weighted by Crippen LogP contribution is 2.36. The van der Waals surface area contributed by atoms with E-state index in [1.54, 1.807) is 24.3 Å². The molecule has 1 aliphatic carbocycles.